The van der Waals surface area contributed by atoms with Gasteiger partial charge in [0.15, 0.2) is 0 Å². The molecular weight excluding hydrogens is 196 g/mol. The molecule has 1 aliphatic rings. The van der Waals surface area contributed by atoms with Gasteiger partial charge in [-0.1, -0.05) is 0 Å². The van der Waals surface area contributed by atoms with Gasteiger partial charge < -0.3 is 14.9 Å². The van der Waals surface area contributed by atoms with Gasteiger partial charge >= 0.3 is 0 Å². The molecule has 0 aromatic carbocycles. The van der Waals surface area contributed by atoms with E-state index in [1.807, 2.05) is 0 Å². The van der Waals surface area contributed by atoms with Crippen LogP contribution in [0.4, 0.5) is 0 Å². The molecule has 1 fully saturated rings. The van der Waals surface area contributed by atoms with E-state index in [2.05, 4.69) is 0 Å². The summed E-state index contributed by atoms with van der Waals surface area (Å²) in [5.41, 5.74) is 0. The standard InChI is InChI=1S/C10H18N2O3/c1-7(13)6-11(2)10(15)8-4-5-9(14)12(8)3/h7-8,13H,4-6H2,1-3H3/t7-,8?/m0/s1. The second kappa shape index (κ2) is 4.61. The van der Waals surface area contributed by atoms with Crippen molar-refractivity contribution in [3.8, 4) is 0 Å². The van der Waals surface area contributed by atoms with E-state index in [0.29, 0.717) is 19.4 Å². The fourth-order valence-corrected chi connectivity index (χ4v) is 1.83. The highest BCUT2D eigenvalue weighted by molar-refractivity contribution is 5.90. The van der Waals surface area contributed by atoms with Gasteiger partial charge in [0, 0.05) is 27.1 Å². The van der Waals surface area contributed by atoms with Crippen molar-refractivity contribution in [1.82, 2.24) is 9.80 Å². The van der Waals surface area contributed by atoms with E-state index in [1.54, 1.807) is 21.0 Å². The third kappa shape index (κ3) is 2.68. The third-order valence-corrected chi connectivity index (χ3v) is 2.69. The fraction of sp³-hybridized carbons (Fsp3) is 0.800. The number of likely N-dealkylation sites (N-methyl/N-ethyl adjacent to an activating group) is 2. The van der Waals surface area contributed by atoms with Gasteiger partial charge in [0.1, 0.15) is 6.04 Å². The maximum Gasteiger partial charge on any atom is 0.245 e. The van der Waals surface area contributed by atoms with E-state index in [1.165, 1.54) is 9.80 Å². The van der Waals surface area contributed by atoms with Gasteiger partial charge in [-0.25, -0.2) is 0 Å². The quantitative estimate of drug-likeness (QED) is 0.685. The van der Waals surface area contributed by atoms with Crippen molar-refractivity contribution in [2.45, 2.75) is 31.9 Å². The molecule has 1 saturated heterocycles. The predicted molar refractivity (Wildman–Crippen MR) is 55.1 cm³/mol. The number of aliphatic hydroxyl groups excluding tert-OH is 1. The number of carbonyl (C=O) groups excluding carboxylic acids is 2. The first-order valence-corrected chi connectivity index (χ1v) is 5.12. The molecule has 0 bridgehead atoms. The number of hydrogen-bond acceptors (Lipinski definition) is 3. The number of nitrogens with zero attached hydrogens (tertiary/aromatic N) is 2. The Morgan fingerprint density at radius 3 is 2.73 bits per heavy atom. The van der Waals surface area contributed by atoms with Crippen molar-refractivity contribution in [2.75, 3.05) is 20.6 Å². The lowest BCUT2D eigenvalue weighted by Gasteiger charge is -2.26. The number of carbonyl (C=O) groups is 2. The lowest BCUT2D eigenvalue weighted by atomic mass is 10.2. The summed E-state index contributed by atoms with van der Waals surface area (Å²) in [4.78, 5) is 26.1. The summed E-state index contributed by atoms with van der Waals surface area (Å²) in [6, 6.07) is -0.346. The maximum absolute atomic E-state index is 11.9. The zero-order chi connectivity index (χ0) is 11.6. The van der Waals surface area contributed by atoms with Crippen LogP contribution in [-0.4, -0.2) is 59.5 Å². The summed E-state index contributed by atoms with van der Waals surface area (Å²) < 4.78 is 0. The Labute approximate surface area is 89.7 Å². The Hall–Kier alpha value is -1.10. The Bertz CT molecular complexity index is 265. The minimum atomic E-state index is -0.540. The van der Waals surface area contributed by atoms with Crippen LogP contribution < -0.4 is 0 Å². The Morgan fingerprint density at radius 1 is 1.73 bits per heavy atom. The number of amides is 2. The SMILES string of the molecule is C[C@H](O)CN(C)C(=O)C1CCC(=O)N1C. The molecule has 0 radical (unpaired) electrons. The summed E-state index contributed by atoms with van der Waals surface area (Å²) in [5.74, 6) is -0.0805. The van der Waals surface area contributed by atoms with Crippen molar-refractivity contribution in [3.63, 3.8) is 0 Å². The van der Waals surface area contributed by atoms with E-state index >= 15 is 0 Å². The normalized spacial score (nSPS) is 23.1. The molecule has 2 atom stereocenters. The van der Waals surface area contributed by atoms with Crippen LogP contribution in [0, 0.1) is 0 Å². The van der Waals surface area contributed by atoms with Gasteiger partial charge in [-0.05, 0) is 13.3 Å². The van der Waals surface area contributed by atoms with Crippen LogP contribution in [0.1, 0.15) is 19.8 Å². The summed E-state index contributed by atoms with van der Waals surface area (Å²) in [7, 11) is 3.29. The van der Waals surface area contributed by atoms with Crippen LogP contribution in [0.25, 0.3) is 0 Å². The molecule has 0 aromatic heterocycles. The minimum Gasteiger partial charge on any atom is -0.392 e. The van der Waals surface area contributed by atoms with Crippen LogP contribution in [0.5, 0.6) is 0 Å². The van der Waals surface area contributed by atoms with Crippen LogP contribution in [0.3, 0.4) is 0 Å². The monoisotopic (exact) mass is 214 g/mol. The lowest BCUT2D eigenvalue weighted by molar-refractivity contribution is -0.140. The van der Waals surface area contributed by atoms with Crippen molar-refractivity contribution >= 4 is 11.8 Å². The zero-order valence-corrected chi connectivity index (χ0v) is 9.43. The van der Waals surface area contributed by atoms with Gasteiger partial charge in [-0.15, -0.1) is 0 Å². The van der Waals surface area contributed by atoms with Crippen molar-refractivity contribution in [2.24, 2.45) is 0 Å². The largest absolute Gasteiger partial charge is 0.392 e. The molecule has 15 heavy (non-hydrogen) atoms. The highest BCUT2D eigenvalue weighted by Crippen LogP contribution is 2.18. The van der Waals surface area contributed by atoms with Crippen LogP contribution >= 0.6 is 0 Å². The van der Waals surface area contributed by atoms with E-state index < -0.39 is 6.10 Å². The van der Waals surface area contributed by atoms with E-state index in [9.17, 15) is 9.59 Å². The van der Waals surface area contributed by atoms with Crippen molar-refractivity contribution < 1.29 is 14.7 Å². The van der Waals surface area contributed by atoms with Gasteiger partial charge in [0.05, 0.1) is 6.10 Å². The predicted octanol–water partition coefficient (Wildman–Crippen LogP) is -0.554. The van der Waals surface area contributed by atoms with Crippen molar-refractivity contribution in [3.05, 3.63) is 0 Å². The molecule has 1 unspecified atom stereocenters. The molecule has 1 N–H and O–H groups in total. The number of likely N-dealkylation sites (tertiary alicyclic amines) is 1. The van der Waals surface area contributed by atoms with Gasteiger partial charge in [0.25, 0.3) is 0 Å². The van der Waals surface area contributed by atoms with Gasteiger partial charge in [-0.3, -0.25) is 9.59 Å². The van der Waals surface area contributed by atoms with Crippen LogP contribution in [-0.2, 0) is 9.59 Å². The number of aliphatic hydroxyl groups is 1. The Morgan fingerprint density at radius 2 is 2.33 bits per heavy atom. The van der Waals surface area contributed by atoms with Gasteiger partial charge in [0.2, 0.25) is 11.8 Å². The van der Waals surface area contributed by atoms with E-state index in [-0.39, 0.29) is 17.9 Å². The van der Waals surface area contributed by atoms with E-state index in [4.69, 9.17) is 5.11 Å². The molecule has 1 aliphatic heterocycles. The minimum absolute atomic E-state index is 0.0128. The van der Waals surface area contributed by atoms with Gasteiger partial charge in [-0.2, -0.15) is 0 Å². The van der Waals surface area contributed by atoms with Crippen molar-refractivity contribution in [1.29, 1.82) is 0 Å². The molecule has 0 spiro atoms. The number of rotatable bonds is 3. The second-order valence-electron chi connectivity index (χ2n) is 4.13. The average Bonchev–Trinajstić information content (AvgIpc) is 2.45. The molecule has 2 amide bonds. The second-order valence-corrected chi connectivity index (χ2v) is 4.13. The highest BCUT2D eigenvalue weighted by atomic mass is 16.3. The topological polar surface area (TPSA) is 60.9 Å². The summed E-state index contributed by atoms with van der Waals surface area (Å²) in [6.07, 6.45) is 0.481. The first-order chi connectivity index (χ1) is 6.93. The van der Waals surface area contributed by atoms with E-state index in [0.717, 1.165) is 0 Å². The maximum atomic E-state index is 11.9. The fourth-order valence-electron chi connectivity index (χ4n) is 1.83. The molecule has 0 aliphatic carbocycles. The number of hydrogen-bond donors (Lipinski definition) is 1. The zero-order valence-electron chi connectivity index (χ0n) is 9.43. The Kier molecular flexibility index (Phi) is 3.68. The first-order valence-electron chi connectivity index (χ1n) is 5.12. The molecular formula is C10H18N2O3. The smallest absolute Gasteiger partial charge is 0.245 e. The summed E-state index contributed by atoms with van der Waals surface area (Å²) >= 11 is 0. The molecule has 1 rings (SSSR count). The lowest BCUT2D eigenvalue weighted by Crippen LogP contribution is -2.45. The third-order valence-electron chi connectivity index (χ3n) is 2.69. The molecule has 5 nitrogen and oxygen atoms in total. The Balaban J connectivity index is 2.57. The average molecular weight is 214 g/mol. The molecule has 1 heterocycles. The molecule has 0 aromatic rings. The highest BCUT2D eigenvalue weighted by Gasteiger charge is 2.34. The molecule has 0 saturated carbocycles. The molecule has 5 heteroatoms. The van der Waals surface area contributed by atoms with Crippen LogP contribution in [0.15, 0.2) is 0 Å². The first kappa shape index (κ1) is 12.0. The van der Waals surface area contributed by atoms with Crippen LogP contribution in [0.2, 0.25) is 0 Å². The molecule has 86 valence electrons. The summed E-state index contributed by atoms with van der Waals surface area (Å²) in [5, 5.41) is 9.16. The summed E-state index contributed by atoms with van der Waals surface area (Å²) in [6.45, 7) is 1.94.